The van der Waals surface area contributed by atoms with Gasteiger partial charge in [-0.05, 0) is 35.9 Å². The lowest BCUT2D eigenvalue weighted by atomic mass is 10.1. The van der Waals surface area contributed by atoms with Gasteiger partial charge in [0.2, 0.25) is 10.0 Å². The van der Waals surface area contributed by atoms with Gasteiger partial charge >= 0.3 is 6.18 Å². The summed E-state index contributed by atoms with van der Waals surface area (Å²) in [6, 6.07) is 4.59. The van der Waals surface area contributed by atoms with Crippen molar-refractivity contribution in [1.29, 1.82) is 0 Å². The van der Waals surface area contributed by atoms with Gasteiger partial charge in [0.1, 0.15) is 11.9 Å². The number of nitrogens with zero attached hydrogens (tertiary/aromatic N) is 1. The highest BCUT2D eigenvalue weighted by Crippen LogP contribution is 2.34. The fourth-order valence-corrected chi connectivity index (χ4v) is 4.38. The molecule has 3 N–H and O–H groups in total. The average molecular weight is 405 g/mol. The Bertz CT molecular complexity index is 1050. The third kappa shape index (κ3) is 3.79. The minimum Gasteiger partial charge on any atom is -0.375 e. The molecule has 0 aliphatic heterocycles. The zero-order valence-electron chi connectivity index (χ0n) is 12.8. The maximum Gasteiger partial charge on any atom is 0.408 e. The molecule has 0 bridgehead atoms. The summed E-state index contributed by atoms with van der Waals surface area (Å²) in [4.78, 5) is 3.60. The average Bonchev–Trinajstić information content (AvgIpc) is 2.92. The fraction of sp³-hybridized carbons (Fsp3) is 0.133. The van der Waals surface area contributed by atoms with E-state index >= 15 is 0 Å². The van der Waals surface area contributed by atoms with Gasteiger partial charge < -0.3 is 5.73 Å². The van der Waals surface area contributed by atoms with Crippen molar-refractivity contribution in [2.24, 2.45) is 0 Å². The molecule has 5 nitrogen and oxygen atoms in total. The topological polar surface area (TPSA) is 85.1 Å². The first kappa shape index (κ1) is 18.5. The van der Waals surface area contributed by atoms with Crippen LogP contribution in [0.2, 0.25) is 0 Å². The number of sulfonamides is 1. The van der Waals surface area contributed by atoms with E-state index in [0.717, 1.165) is 41.7 Å². The Balaban J connectivity index is 1.99. The highest BCUT2D eigenvalue weighted by molar-refractivity contribution is 7.89. The van der Waals surface area contributed by atoms with E-state index in [1.165, 1.54) is 12.1 Å². The zero-order chi connectivity index (χ0) is 19.1. The summed E-state index contributed by atoms with van der Waals surface area (Å²) in [5.74, 6) is -0.731. The molecule has 0 radical (unpaired) electrons. The summed E-state index contributed by atoms with van der Waals surface area (Å²) >= 11 is 1.02. The van der Waals surface area contributed by atoms with Crippen molar-refractivity contribution in [2.75, 3.05) is 5.73 Å². The molecule has 26 heavy (non-hydrogen) atoms. The second-order valence-electron chi connectivity index (χ2n) is 5.33. The molecule has 0 amide bonds. The van der Waals surface area contributed by atoms with E-state index < -0.39 is 33.6 Å². The van der Waals surface area contributed by atoms with Crippen LogP contribution < -0.4 is 10.5 Å². The molecule has 1 heterocycles. The third-order valence-electron chi connectivity index (χ3n) is 3.49. The fourth-order valence-electron chi connectivity index (χ4n) is 2.29. The Morgan fingerprint density at radius 3 is 2.38 bits per heavy atom. The number of nitrogens with two attached hydrogens (primary N) is 1. The molecule has 1 atom stereocenters. The summed E-state index contributed by atoms with van der Waals surface area (Å²) < 4.78 is 80.0. The van der Waals surface area contributed by atoms with Crippen molar-refractivity contribution in [1.82, 2.24) is 9.71 Å². The number of thiazole rings is 1. The van der Waals surface area contributed by atoms with E-state index in [1.54, 1.807) is 4.72 Å². The van der Waals surface area contributed by atoms with Crippen molar-refractivity contribution in [3.8, 4) is 0 Å². The molecular formula is C15H11F4N3O2S2. The highest BCUT2D eigenvalue weighted by atomic mass is 32.2. The molecule has 2 aromatic carbocycles. The van der Waals surface area contributed by atoms with Gasteiger partial charge in [0.25, 0.3) is 0 Å². The lowest BCUT2D eigenvalue weighted by Gasteiger charge is -2.22. The maximum absolute atomic E-state index is 13.4. The van der Waals surface area contributed by atoms with Crippen LogP contribution in [-0.4, -0.2) is 19.6 Å². The van der Waals surface area contributed by atoms with Crippen LogP contribution in [0.3, 0.4) is 0 Å². The van der Waals surface area contributed by atoms with Crippen LogP contribution in [-0.2, 0) is 10.0 Å². The minimum absolute atomic E-state index is 0.210. The van der Waals surface area contributed by atoms with Gasteiger partial charge in [-0.1, -0.05) is 23.5 Å². The van der Waals surface area contributed by atoms with Gasteiger partial charge in [-0.2, -0.15) is 17.9 Å². The van der Waals surface area contributed by atoms with Crippen molar-refractivity contribution in [3.63, 3.8) is 0 Å². The maximum atomic E-state index is 13.4. The predicted octanol–water partition coefficient (Wildman–Crippen LogP) is 3.60. The van der Waals surface area contributed by atoms with Crippen LogP contribution in [0.5, 0.6) is 0 Å². The lowest BCUT2D eigenvalue weighted by molar-refractivity contribution is -0.153. The van der Waals surface area contributed by atoms with E-state index in [1.807, 2.05) is 0 Å². The number of hydrogen-bond donors (Lipinski definition) is 2. The number of nitrogens with one attached hydrogen (secondary N) is 1. The molecule has 0 saturated heterocycles. The largest absolute Gasteiger partial charge is 0.408 e. The molecule has 0 aliphatic rings. The summed E-state index contributed by atoms with van der Waals surface area (Å²) in [6.07, 6.45) is -4.91. The van der Waals surface area contributed by atoms with Gasteiger partial charge in [0, 0.05) is 0 Å². The van der Waals surface area contributed by atoms with Crippen LogP contribution >= 0.6 is 11.3 Å². The molecule has 1 aromatic heterocycles. The molecule has 0 spiro atoms. The number of alkyl halides is 3. The third-order valence-corrected chi connectivity index (χ3v) is 5.76. The van der Waals surface area contributed by atoms with Gasteiger partial charge in [-0.3, -0.25) is 0 Å². The summed E-state index contributed by atoms with van der Waals surface area (Å²) in [5.41, 5.74) is 5.56. The molecule has 11 heteroatoms. The van der Waals surface area contributed by atoms with E-state index in [9.17, 15) is 26.0 Å². The Kier molecular flexibility index (Phi) is 4.63. The minimum atomic E-state index is -4.91. The van der Waals surface area contributed by atoms with E-state index in [-0.39, 0.29) is 10.0 Å². The first-order valence-electron chi connectivity index (χ1n) is 7.07. The van der Waals surface area contributed by atoms with Crippen LogP contribution in [0, 0.1) is 5.82 Å². The van der Waals surface area contributed by atoms with Crippen LogP contribution in [0.1, 0.15) is 11.6 Å². The Hall–Kier alpha value is -2.24. The van der Waals surface area contributed by atoms with Crippen molar-refractivity contribution in [2.45, 2.75) is 17.1 Å². The summed E-state index contributed by atoms with van der Waals surface area (Å²) in [7, 11) is -4.51. The Morgan fingerprint density at radius 2 is 1.77 bits per heavy atom. The molecule has 138 valence electrons. The van der Waals surface area contributed by atoms with Gasteiger partial charge in [0.05, 0.1) is 15.1 Å². The van der Waals surface area contributed by atoms with Crippen molar-refractivity contribution >= 4 is 36.7 Å². The van der Waals surface area contributed by atoms with Crippen LogP contribution in [0.25, 0.3) is 10.2 Å². The SMILES string of the molecule is Nc1nc2ccc(S(=O)(=O)N[C@H](c3ccc(F)cc3)C(F)(F)F)cc2s1. The summed E-state index contributed by atoms with van der Waals surface area (Å²) in [6.45, 7) is 0. The molecular weight excluding hydrogens is 394 g/mol. The van der Waals surface area contributed by atoms with Gasteiger partial charge in [0.15, 0.2) is 5.13 Å². The van der Waals surface area contributed by atoms with E-state index in [4.69, 9.17) is 5.73 Å². The molecule has 0 saturated carbocycles. The zero-order valence-corrected chi connectivity index (χ0v) is 14.4. The van der Waals surface area contributed by atoms with Crippen molar-refractivity contribution in [3.05, 3.63) is 53.8 Å². The quantitative estimate of drug-likeness (QED) is 0.650. The number of fused-ring (bicyclic) bond motifs is 1. The number of benzene rings is 2. The number of rotatable bonds is 4. The smallest absolute Gasteiger partial charge is 0.375 e. The summed E-state index contributed by atoms with van der Waals surface area (Å²) in [5, 5.41) is 0.210. The molecule has 0 unspecified atom stereocenters. The Labute approximate surface area is 149 Å². The predicted molar refractivity (Wildman–Crippen MR) is 89.5 cm³/mol. The van der Waals surface area contributed by atoms with Gasteiger partial charge in [-0.15, -0.1) is 0 Å². The second-order valence-corrected chi connectivity index (χ2v) is 8.11. The monoisotopic (exact) mass is 405 g/mol. The normalized spacial score (nSPS) is 13.8. The highest BCUT2D eigenvalue weighted by Gasteiger charge is 2.43. The molecule has 0 aliphatic carbocycles. The molecule has 3 rings (SSSR count). The second kappa shape index (κ2) is 6.49. The number of hydrogen-bond acceptors (Lipinski definition) is 5. The van der Waals surface area contributed by atoms with Crippen LogP contribution in [0.15, 0.2) is 47.4 Å². The first-order chi connectivity index (χ1) is 12.1. The molecule has 0 fully saturated rings. The number of nitrogen functional groups attached to an aromatic ring is 1. The number of halogens is 4. The molecule has 3 aromatic rings. The van der Waals surface area contributed by atoms with Crippen LogP contribution in [0.4, 0.5) is 22.7 Å². The van der Waals surface area contributed by atoms with Crippen molar-refractivity contribution < 1.29 is 26.0 Å². The van der Waals surface area contributed by atoms with Gasteiger partial charge in [-0.25, -0.2) is 17.8 Å². The van der Waals surface area contributed by atoms with E-state index in [2.05, 4.69) is 4.98 Å². The lowest BCUT2D eigenvalue weighted by Crippen LogP contribution is -2.38. The number of anilines is 1. The Morgan fingerprint density at radius 1 is 1.12 bits per heavy atom. The standard InChI is InChI=1S/C15H11F4N3O2S2/c16-9-3-1-8(2-4-9)13(15(17,18)19)22-26(23,24)10-5-6-11-12(7-10)25-14(20)21-11/h1-7,13,22H,(H2,20,21)/t13-/m1/s1. The van der Waals surface area contributed by atoms with E-state index in [0.29, 0.717) is 10.2 Å². The first-order valence-corrected chi connectivity index (χ1v) is 9.37. The number of aromatic nitrogens is 1.